The van der Waals surface area contributed by atoms with Crippen molar-refractivity contribution in [1.29, 1.82) is 0 Å². The maximum Gasteiger partial charge on any atom is 0 e. The third-order valence-electron chi connectivity index (χ3n) is 8.15. The van der Waals surface area contributed by atoms with Crippen LogP contribution in [0.1, 0.15) is 0 Å². The van der Waals surface area contributed by atoms with Gasteiger partial charge in [0.2, 0.25) is 0 Å². The summed E-state index contributed by atoms with van der Waals surface area (Å²) in [6.07, 6.45) is 0. The van der Waals surface area contributed by atoms with E-state index in [2.05, 4.69) is 182 Å². The average Bonchev–Trinajstić information content (AvgIpc) is 3.05. The predicted molar refractivity (Wildman–Crippen MR) is 182 cm³/mol. The zero-order valence-electron chi connectivity index (χ0n) is 22.8. The van der Waals surface area contributed by atoms with Crippen molar-refractivity contribution in [2.24, 2.45) is 0 Å². The van der Waals surface area contributed by atoms with Gasteiger partial charge in [-0.15, -0.1) is 0 Å². The zero-order valence-corrected chi connectivity index (χ0v) is 27.1. The molecule has 0 heterocycles. The van der Waals surface area contributed by atoms with Crippen molar-refractivity contribution < 1.29 is 21.1 Å². The molecular formula is C38H34P2Pt. The molecule has 0 bridgehead atoms. The molecule has 0 nitrogen and oxygen atoms in total. The molecule has 0 atom stereocenters. The quantitative estimate of drug-likeness (QED) is 0.149. The molecule has 0 aromatic heterocycles. The standard InChI is InChI=1S/C38H34P2.Pt/c1-32(39(33-20-8-2-9-21-33,34-22-10-3-11-23-34)35-24-12-4-13-25-35)40(36-26-14-5-15-27-36,37-28-16-6-17-29-37)38-30-18-7-19-31-38;/h2-31,39-40H,1H2;. The molecule has 3 heteroatoms. The Morgan fingerprint density at radius 2 is 0.439 bits per heavy atom. The van der Waals surface area contributed by atoms with Gasteiger partial charge in [-0.25, -0.2) is 0 Å². The molecule has 0 aliphatic carbocycles. The Labute approximate surface area is 259 Å². The van der Waals surface area contributed by atoms with Gasteiger partial charge < -0.3 is 0 Å². The van der Waals surface area contributed by atoms with Crippen LogP contribution in [0.4, 0.5) is 0 Å². The largest absolute Gasteiger partial charge is 0 e. The molecule has 0 aliphatic heterocycles. The van der Waals surface area contributed by atoms with Crippen molar-refractivity contribution in [3.05, 3.63) is 194 Å². The summed E-state index contributed by atoms with van der Waals surface area (Å²) in [5.74, 6) is 0. The Morgan fingerprint density at radius 3 is 0.585 bits per heavy atom. The van der Waals surface area contributed by atoms with Gasteiger partial charge in [0.05, 0.1) is 0 Å². The van der Waals surface area contributed by atoms with Gasteiger partial charge >= 0.3 is 240 Å². The molecule has 0 saturated carbocycles. The first kappa shape index (κ1) is 29.1. The summed E-state index contributed by atoms with van der Waals surface area (Å²) in [7, 11) is -5.69. The van der Waals surface area contributed by atoms with E-state index < -0.39 is 14.5 Å². The van der Waals surface area contributed by atoms with Crippen LogP contribution in [0.3, 0.4) is 0 Å². The van der Waals surface area contributed by atoms with E-state index >= 15 is 0 Å². The minimum absolute atomic E-state index is 0. The smallest absolute Gasteiger partial charge is 0 e. The van der Waals surface area contributed by atoms with Crippen molar-refractivity contribution >= 4 is 46.4 Å². The average molecular weight is 748 g/mol. The first-order valence-corrected chi connectivity index (χ1v) is 17.8. The van der Waals surface area contributed by atoms with Gasteiger partial charge in [-0.3, -0.25) is 0 Å². The van der Waals surface area contributed by atoms with Crippen LogP contribution in [0, 0.1) is 0 Å². The summed E-state index contributed by atoms with van der Waals surface area (Å²) in [4.78, 5) is 0. The molecule has 206 valence electrons. The topological polar surface area (TPSA) is 0 Å². The third kappa shape index (κ3) is 5.11. The van der Waals surface area contributed by atoms with E-state index in [-0.39, 0.29) is 21.1 Å². The SMILES string of the molecule is C=C([PH](c1ccccc1)(c1ccccc1)c1ccccc1)[PH](c1ccccc1)(c1ccccc1)c1ccccc1.[Pt]. The normalized spacial score (nSPS) is 12.1. The predicted octanol–water partition coefficient (Wildman–Crippen LogP) is 6.91. The van der Waals surface area contributed by atoms with E-state index in [1.54, 1.807) is 0 Å². The fraction of sp³-hybridized carbons (Fsp3) is 0. The summed E-state index contributed by atoms with van der Waals surface area (Å²) in [5.41, 5.74) is 0. The molecule has 0 aliphatic rings. The van der Waals surface area contributed by atoms with E-state index in [9.17, 15) is 0 Å². The van der Waals surface area contributed by atoms with Gasteiger partial charge in [0.1, 0.15) is 0 Å². The fourth-order valence-electron chi connectivity index (χ4n) is 6.46. The van der Waals surface area contributed by atoms with Crippen LogP contribution >= 0.6 is 14.5 Å². The van der Waals surface area contributed by atoms with Crippen LogP contribution in [0.2, 0.25) is 0 Å². The van der Waals surface area contributed by atoms with Crippen molar-refractivity contribution in [3.8, 4) is 0 Å². The van der Waals surface area contributed by atoms with Crippen LogP contribution in [0.5, 0.6) is 0 Å². The van der Waals surface area contributed by atoms with Crippen molar-refractivity contribution in [3.63, 3.8) is 0 Å². The maximum absolute atomic E-state index is 5.28. The molecule has 0 spiro atoms. The molecule has 0 unspecified atom stereocenters. The molecule has 6 aromatic rings. The monoisotopic (exact) mass is 747 g/mol. The summed E-state index contributed by atoms with van der Waals surface area (Å²) in [6, 6.07) is 67.0. The third-order valence-corrected chi connectivity index (χ3v) is 19.4. The summed E-state index contributed by atoms with van der Waals surface area (Å²) in [6.45, 7) is 5.28. The molecule has 6 aromatic carbocycles. The van der Waals surface area contributed by atoms with Crippen LogP contribution in [0.25, 0.3) is 0 Å². The second-order valence-corrected chi connectivity index (χ2v) is 18.3. The minimum Gasteiger partial charge on any atom is 0 e. The molecule has 0 amide bonds. The van der Waals surface area contributed by atoms with Crippen LogP contribution in [-0.4, -0.2) is 0 Å². The summed E-state index contributed by atoms with van der Waals surface area (Å²) < 4.78 is 0. The maximum atomic E-state index is 5.28. The number of hydrogen-bond donors (Lipinski definition) is 0. The molecule has 0 N–H and O–H groups in total. The first-order chi connectivity index (χ1) is 19.8. The Balaban J connectivity index is 0.00000337. The molecule has 6 rings (SSSR count). The fourth-order valence-corrected chi connectivity index (χ4v) is 19.5. The van der Waals surface area contributed by atoms with Gasteiger partial charge in [0.25, 0.3) is 0 Å². The summed E-state index contributed by atoms with van der Waals surface area (Å²) >= 11 is 0. The Hall–Kier alpha value is -3.39. The molecule has 0 fully saturated rings. The number of rotatable bonds is 8. The first-order valence-electron chi connectivity index (χ1n) is 13.8. The van der Waals surface area contributed by atoms with E-state index in [4.69, 9.17) is 6.58 Å². The van der Waals surface area contributed by atoms with Crippen LogP contribution < -0.4 is 31.8 Å². The van der Waals surface area contributed by atoms with E-state index in [1.165, 1.54) is 36.9 Å². The number of hydrogen-bond acceptors (Lipinski definition) is 0. The zero-order chi connectivity index (χ0) is 27.3. The van der Waals surface area contributed by atoms with E-state index in [1.807, 2.05) is 0 Å². The Morgan fingerprint density at radius 1 is 0.293 bits per heavy atom. The van der Waals surface area contributed by atoms with E-state index in [0.29, 0.717) is 0 Å². The summed E-state index contributed by atoms with van der Waals surface area (Å²) in [5, 5.41) is 9.50. The van der Waals surface area contributed by atoms with Crippen molar-refractivity contribution in [2.75, 3.05) is 0 Å². The molecule has 41 heavy (non-hydrogen) atoms. The minimum atomic E-state index is -2.84. The molecule has 0 saturated heterocycles. The second-order valence-electron chi connectivity index (χ2n) is 10.2. The van der Waals surface area contributed by atoms with Crippen molar-refractivity contribution in [2.45, 2.75) is 0 Å². The van der Waals surface area contributed by atoms with Gasteiger partial charge in [0, 0.05) is 21.1 Å². The van der Waals surface area contributed by atoms with Gasteiger partial charge in [-0.1, -0.05) is 0 Å². The number of benzene rings is 6. The van der Waals surface area contributed by atoms with Gasteiger partial charge in [0.15, 0.2) is 0 Å². The Bertz CT molecular complexity index is 1350. The van der Waals surface area contributed by atoms with Gasteiger partial charge in [-0.2, -0.15) is 0 Å². The van der Waals surface area contributed by atoms with E-state index in [0.717, 1.165) is 0 Å². The Kier molecular flexibility index (Phi) is 9.28. The van der Waals surface area contributed by atoms with Crippen molar-refractivity contribution in [1.82, 2.24) is 0 Å². The molecule has 0 radical (unpaired) electrons. The van der Waals surface area contributed by atoms with Crippen LogP contribution in [0.15, 0.2) is 194 Å². The van der Waals surface area contributed by atoms with Crippen LogP contribution in [-0.2, 0) is 21.1 Å². The van der Waals surface area contributed by atoms with Gasteiger partial charge in [-0.05, 0) is 0 Å². The second kappa shape index (κ2) is 13.1. The molecular weight excluding hydrogens is 713 g/mol.